The smallest absolute Gasteiger partial charge is 0.243 e. The van der Waals surface area contributed by atoms with Crippen LogP contribution in [0.25, 0.3) is 0 Å². The Morgan fingerprint density at radius 2 is 2.05 bits per heavy atom. The van der Waals surface area contributed by atoms with Crippen LogP contribution in [0.3, 0.4) is 0 Å². The van der Waals surface area contributed by atoms with E-state index in [0.29, 0.717) is 16.5 Å². The molecular formula is C15H14BrClN2O2. The highest BCUT2D eigenvalue weighted by Crippen LogP contribution is 2.27. The molecule has 0 unspecified atom stereocenters. The van der Waals surface area contributed by atoms with Crippen LogP contribution in [0.1, 0.15) is 0 Å². The summed E-state index contributed by atoms with van der Waals surface area (Å²) >= 11 is 9.37. The molecule has 0 aliphatic carbocycles. The Bertz CT molecular complexity index is 649. The maximum Gasteiger partial charge on any atom is 0.243 e. The van der Waals surface area contributed by atoms with Gasteiger partial charge in [-0.3, -0.25) is 4.79 Å². The predicted octanol–water partition coefficient (Wildman–Crippen LogP) is 4.16. The molecule has 6 heteroatoms. The summed E-state index contributed by atoms with van der Waals surface area (Å²) in [4.78, 5) is 11.9. The standard InChI is InChI=1S/C15H14BrClN2O2/c1-21-14-8-10(6-7-11(14)16)19-15(20)9-18-13-5-3-2-4-12(13)17/h2-8,18H,9H2,1H3,(H,19,20). The molecule has 0 saturated heterocycles. The van der Waals surface area contributed by atoms with Crippen LogP contribution in [-0.4, -0.2) is 19.6 Å². The van der Waals surface area contributed by atoms with Gasteiger partial charge < -0.3 is 15.4 Å². The number of amides is 1. The normalized spacial score (nSPS) is 10.0. The van der Waals surface area contributed by atoms with E-state index >= 15 is 0 Å². The number of carbonyl (C=O) groups is 1. The molecule has 0 radical (unpaired) electrons. The van der Waals surface area contributed by atoms with Gasteiger partial charge in [0.1, 0.15) is 5.75 Å². The monoisotopic (exact) mass is 368 g/mol. The average molecular weight is 370 g/mol. The van der Waals surface area contributed by atoms with E-state index in [1.54, 1.807) is 25.3 Å². The molecule has 2 rings (SSSR count). The maximum absolute atomic E-state index is 11.9. The van der Waals surface area contributed by atoms with Crippen LogP contribution in [0.4, 0.5) is 11.4 Å². The van der Waals surface area contributed by atoms with Gasteiger partial charge in [-0.2, -0.15) is 0 Å². The molecule has 0 aliphatic heterocycles. The molecule has 0 saturated carbocycles. The fraction of sp³-hybridized carbons (Fsp3) is 0.133. The summed E-state index contributed by atoms with van der Waals surface area (Å²) in [5, 5.41) is 6.36. The minimum Gasteiger partial charge on any atom is -0.495 e. The number of ether oxygens (including phenoxy) is 1. The van der Waals surface area contributed by atoms with Gasteiger partial charge in [0.05, 0.1) is 28.8 Å². The summed E-state index contributed by atoms with van der Waals surface area (Å²) in [5.74, 6) is 0.492. The van der Waals surface area contributed by atoms with E-state index in [9.17, 15) is 4.79 Å². The summed E-state index contributed by atoms with van der Waals surface area (Å²) in [6, 6.07) is 12.6. The van der Waals surface area contributed by atoms with E-state index < -0.39 is 0 Å². The number of rotatable bonds is 5. The lowest BCUT2D eigenvalue weighted by atomic mass is 10.3. The number of carbonyl (C=O) groups excluding carboxylic acids is 1. The molecule has 0 aromatic heterocycles. The first-order chi connectivity index (χ1) is 10.1. The fourth-order valence-corrected chi connectivity index (χ4v) is 2.33. The average Bonchev–Trinajstić information content (AvgIpc) is 2.48. The second-order valence-electron chi connectivity index (χ2n) is 4.23. The molecular weight excluding hydrogens is 356 g/mol. The van der Waals surface area contributed by atoms with Crippen LogP contribution < -0.4 is 15.4 Å². The SMILES string of the molecule is COc1cc(NC(=O)CNc2ccccc2Cl)ccc1Br. The Labute approximate surface area is 136 Å². The van der Waals surface area contributed by atoms with Gasteiger partial charge in [0, 0.05) is 11.8 Å². The third kappa shape index (κ3) is 4.37. The number of anilines is 2. The minimum absolute atomic E-state index is 0.127. The number of benzene rings is 2. The molecule has 21 heavy (non-hydrogen) atoms. The highest BCUT2D eigenvalue weighted by Gasteiger charge is 2.06. The lowest BCUT2D eigenvalue weighted by Gasteiger charge is -2.10. The number of methoxy groups -OCH3 is 1. The lowest BCUT2D eigenvalue weighted by molar-refractivity contribution is -0.114. The summed E-state index contributed by atoms with van der Waals surface area (Å²) < 4.78 is 6.01. The molecule has 2 aromatic carbocycles. The summed E-state index contributed by atoms with van der Waals surface area (Å²) in [7, 11) is 1.57. The largest absolute Gasteiger partial charge is 0.495 e. The second-order valence-corrected chi connectivity index (χ2v) is 5.49. The summed E-state index contributed by atoms with van der Waals surface area (Å²) in [6.07, 6.45) is 0. The molecule has 2 N–H and O–H groups in total. The Morgan fingerprint density at radius 1 is 1.29 bits per heavy atom. The van der Waals surface area contributed by atoms with Gasteiger partial charge in [0.2, 0.25) is 5.91 Å². The molecule has 0 bridgehead atoms. The van der Waals surface area contributed by atoms with Crippen molar-refractivity contribution in [3.05, 3.63) is 52.0 Å². The van der Waals surface area contributed by atoms with Crippen LogP contribution in [0.2, 0.25) is 5.02 Å². The molecule has 1 amide bonds. The van der Waals surface area contributed by atoms with Crippen LogP contribution in [-0.2, 0) is 4.79 Å². The van der Waals surface area contributed by atoms with Crippen LogP contribution in [0.5, 0.6) is 5.75 Å². The van der Waals surface area contributed by atoms with Crippen molar-refractivity contribution in [2.75, 3.05) is 24.3 Å². The summed E-state index contributed by atoms with van der Waals surface area (Å²) in [5.41, 5.74) is 1.39. The van der Waals surface area contributed by atoms with Crippen molar-refractivity contribution in [1.29, 1.82) is 0 Å². The number of halogens is 2. The lowest BCUT2D eigenvalue weighted by Crippen LogP contribution is -2.21. The fourth-order valence-electron chi connectivity index (χ4n) is 1.72. The van der Waals surface area contributed by atoms with Gasteiger partial charge >= 0.3 is 0 Å². The van der Waals surface area contributed by atoms with Gasteiger partial charge in [-0.15, -0.1) is 0 Å². The first kappa shape index (κ1) is 15.7. The molecule has 110 valence electrons. The molecule has 2 aromatic rings. The van der Waals surface area contributed by atoms with Crippen LogP contribution >= 0.6 is 27.5 Å². The second kappa shape index (κ2) is 7.33. The highest BCUT2D eigenvalue weighted by atomic mass is 79.9. The van der Waals surface area contributed by atoms with Crippen molar-refractivity contribution < 1.29 is 9.53 Å². The van der Waals surface area contributed by atoms with E-state index in [0.717, 1.165) is 10.2 Å². The Morgan fingerprint density at radius 3 is 2.76 bits per heavy atom. The van der Waals surface area contributed by atoms with Crippen molar-refractivity contribution in [2.24, 2.45) is 0 Å². The number of hydrogen-bond donors (Lipinski definition) is 2. The van der Waals surface area contributed by atoms with Gasteiger partial charge in [-0.25, -0.2) is 0 Å². The maximum atomic E-state index is 11.9. The Hall–Kier alpha value is -1.72. The Balaban J connectivity index is 1.94. The first-order valence-electron chi connectivity index (χ1n) is 6.22. The van der Waals surface area contributed by atoms with E-state index in [2.05, 4.69) is 26.6 Å². The molecule has 0 atom stereocenters. The molecule has 0 spiro atoms. The van der Waals surface area contributed by atoms with Gasteiger partial charge in [0.25, 0.3) is 0 Å². The number of nitrogens with one attached hydrogen (secondary N) is 2. The zero-order valence-corrected chi connectivity index (χ0v) is 13.7. The molecule has 0 fully saturated rings. The van der Waals surface area contributed by atoms with Gasteiger partial charge in [-0.05, 0) is 40.2 Å². The molecule has 0 heterocycles. The van der Waals surface area contributed by atoms with Crippen molar-refractivity contribution in [2.45, 2.75) is 0 Å². The van der Waals surface area contributed by atoms with Crippen LogP contribution in [0.15, 0.2) is 46.9 Å². The third-order valence-electron chi connectivity index (χ3n) is 2.75. The van der Waals surface area contributed by atoms with Gasteiger partial charge in [-0.1, -0.05) is 23.7 Å². The van der Waals surface area contributed by atoms with Crippen molar-refractivity contribution in [3.8, 4) is 5.75 Å². The zero-order chi connectivity index (χ0) is 15.2. The molecule has 0 aliphatic rings. The van der Waals surface area contributed by atoms with Crippen LogP contribution in [0, 0.1) is 0 Å². The summed E-state index contributed by atoms with van der Waals surface area (Å²) in [6.45, 7) is 0.127. The zero-order valence-electron chi connectivity index (χ0n) is 11.3. The van der Waals surface area contributed by atoms with E-state index in [4.69, 9.17) is 16.3 Å². The predicted molar refractivity (Wildman–Crippen MR) is 89.3 cm³/mol. The first-order valence-corrected chi connectivity index (χ1v) is 7.39. The number of para-hydroxylation sites is 1. The topological polar surface area (TPSA) is 50.4 Å². The molecule has 4 nitrogen and oxygen atoms in total. The van der Waals surface area contributed by atoms with Crippen molar-refractivity contribution in [3.63, 3.8) is 0 Å². The Kier molecular flexibility index (Phi) is 5.47. The van der Waals surface area contributed by atoms with Crippen molar-refractivity contribution in [1.82, 2.24) is 0 Å². The van der Waals surface area contributed by atoms with E-state index in [1.165, 1.54) is 0 Å². The van der Waals surface area contributed by atoms with Gasteiger partial charge in [0.15, 0.2) is 0 Å². The van der Waals surface area contributed by atoms with E-state index in [-0.39, 0.29) is 12.5 Å². The minimum atomic E-state index is -0.167. The third-order valence-corrected chi connectivity index (χ3v) is 3.73. The van der Waals surface area contributed by atoms with E-state index in [1.807, 2.05) is 24.3 Å². The van der Waals surface area contributed by atoms with Crippen molar-refractivity contribution >= 4 is 44.8 Å². The number of hydrogen-bond acceptors (Lipinski definition) is 3. The quantitative estimate of drug-likeness (QED) is 0.832. The highest BCUT2D eigenvalue weighted by molar-refractivity contribution is 9.10.